The Labute approximate surface area is 85.0 Å². The summed E-state index contributed by atoms with van der Waals surface area (Å²) in [6, 6.07) is 6.85. The minimum absolute atomic E-state index is 0.385. The lowest BCUT2D eigenvalue weighted by atomic mass is 10.2. The second-order valence-corrected chi connectivity index (χ2v) is 3.15. The lowest BCUT2D eigenvalue weighted by Crippen LogP contribution is -2.26. The number of aromatic nitrogens is 2. The Morgan fingerprint density at radius 1 is 1.20 bits per heavy atom. The molecule has 1 heterocycles. The molecule has 78 valence electrons. The molecule has 15 heavy (non-hydrogen) atoms. The van der Waals surface area contributed by atoms with Crippen molar-refractivity contribution in [2.45, 2.75) is 5.92 Å². The number of hydrogen-bond donors (Lipinski definition) is 1. The van der Waals surface area contributed by atoms with Crippen LogP contribution in [0.1, 0.15) is 5.69 Å². The Hall–Kier alpha value is -1.62. The van der Waals surface area contributed by atoms with Crippen LogP contribution in [0, 0.1) is 0 Å². The van der Waals surface area contributed by atoms with E-state index in [1.165, 1.54) is 0 Å². The van der Waals surface area contributed by atoms with E-state index in [0.29, 0.717) is 11.0 Å². The smallest absolute Gasteiger partial charge is 0.303 e. The maximum atomic E-state index is 13.2. The van der Waals surface area contributed by atoms with Gasteiger partial charge in [-0.1, -0.05) is 12.1 Å². The number of hydrogen-bond acceptors (Lipinski definition) is 3. The summed E-state index contributed by atoms with van der Waals surface area (Å²) in [4.78, 5) is 7.72. The van der Waals surface area contributed by atoms with Crippen molar-refractivity contribution < 1.29 is 8.78 Å². The monoisotopic (exact) mass is 209 g/mol. The van der Waals surface area contributed by atoms with Crippen LogP contribution >= 0.6 is 0 Å². The van der Waals surface area contributed by atoms with E-state index < -0.39 is 12.5 Å². The molecule has 0 amide bonds. The van der Waals surface area contributed by atoms with Crippen molar-refractivity contribution in [1.82, 2.24) is 9.97 Å². The minimum Gasteiger partial charge on any atom is -0.325 e. The van der Waals surface area contributed by atoms with Gasteiger partial charge in [0.05, 0.1) is 23.8 Å². The highest BCUT2D eigenvalue weighted by Gasteiger charge is 2.31. The zero-order valence-corrected chi connectivity index (χ0v) is 7.82. The number of nitrogens with two attached hydrogens (primary N) is 1. The van der Waals surface area contributed by atoms with E-state index in [1.807, 2.05) is 0 Å². The van der Waals surface area contributed by atoms with Crippen LogP contribution in [0.5, 0.6) is 0 Å². The highest BCUT2D eigenvalue weighted by atomic mass is 19.3. The fourth-order valence-electron chi connectivity index (χ4n) is 1.24. The summed E-state index contributed by atoms with van der Waals surface area (Å²) < 4.78 is 26.4. The van der Waals surface area contributed by atoms with Gasteiger partial charge in [0, 0.05) is 0 Å². The van der Waals surface area contributed by atoms with Crippen LogP contribution in [0.25, 0.3) is 11.0 Å². The SMILES string of the molecule is NCC(F)(F)c1cnc2ccccc2n1. The third-order valence-electron chi connectivity index (χ3n) is 2.08. The van der Waals surface area contributed by atoms with Gasteiger partial charge in [0.25, 0.3) is 0 Å². The molecule has 0 fully saturated rings. The first-order valence-electron chi connectivity index (χ1n) is 4.43. The third-order valence-corrected chi connectivity index (χ3v) is 2.08. The highest BCUT2D eigenvalue weighted by Crippen LogP contribution is 2.25. The summed E-state index contributed by atoms with van der Waals surface area (Å²) in [5, 5.41) is 0. The molecule has 0 aliphatic heterocycles. The average Bonchev–Trinajstić information content (AvgIpc) is 2.28. The zero-order chi connectivity index (χ0) is 10.9. The van der Waals surface area contributed by atoms with Crippen LogP contribution in [-0.4, -0.2) is 16.5 Å². The summed E-state index contributed by atoms with van der Waals surface area (Å²) in [7, 11) is 0. The molecular weight excluding hydrogens is 200 g/mol. The molecule has 0 atom stereocenters. The van der Waals surface area contributed by atoms with Gasteiger partial charge in [-0.05, 0) is 12.1 Å². The van der Waals surface area contributed by atoms with Gasteiger partial charge in [-0.2, -0.15) is 8.78 Å². The summed E-state index contributed by atoms with van der Waals surface area (Å²) in [6.07, 6.45) is 1.06. The van der Waals surface area contributed by atoms with E-state index in [2.05, 4.69) is 9.97 Å². The van der Waals surface area contributed by atoms with E-state index >= 15 is 0 Å². The molecule has 1 aromatic heterocycles. The largest absolute Gasteiger partial charge is 0.325 e. The van der Waals surface area contributed by atoms with Crippen LogP contribution in [-0.2, 0) is 5.92 Å². The predicted molar refractivity (Wildman–Crippen MR) is 52.5 cm³/mol. The molecule has 3 nitrogen and oxygen atoms in total. The normalized spacial score (nSPS) is 11.9. The van der Waals surface area contributed by atoms with Crippen molar-refractivity contribution in [3.05, 3.63) is 36.2 Å². The lowest BCUT2D eigenvalue weighted by Gasteiger charge is -2.12. The van der Waals surface area contributed by atoms with Gasteiger partial charge in [-0.15, -0.1) is 0 Å². The Bertz CT molecular complexity index is 485. The molecule has 0 spiro atoms. The maximum absolute atomic E-state index is 13.2. The second-order valence-electron chi connectivity index (χ2n) is 3.15. The third kappa shape index (κ3) is 1.78. The van der Waals surface area contributed by atoms with Gasteiger partial charge >= 0.3 is 5.92 Å². The molecule has 0 saturated carbocycles. The van der Waals surface area contributed by atoms with Crippen molar-refractivity contribution in [3.8, 4) is 0 Å². The Morgan fingerprint density at radius 2 is 1.87 bits per heavy atom. The first-order valence-corrected chi connectivity index (χ1v) is 4.43. The van der Waals surface area contributed by atoms with Gasteiger partial charge in [-0.3, -0.25) is 4.98 Å². The van der Waals surface area contributed by atoms with Gasteiger partial charge in [0.2, 0.25) is 0 Å². The van der Waals surface area contributed by atoms with Gasteiger partial charge in [0.15, 0.2) is 0 Å². The number of para-hydroxylation sites is 2. The Kier molecular flexibility index (Phi) is 2.32. The molecule has 0 unspecified atom stereocenters. The number of fused-ring (bicyclic) bond motifs is 1. The van der Waals surface area contributed by atoms with Crippen molar-refractivity contribution in [2.75, 3.05) is 6.54 Å². The summed E-state index contributed by atoms with van der Waals surface area (Å²) in [5.41, 5.74) is 5.62. The molecule has 2 rings (SSSR count). The molecule has 0 saturated heterocycles. The quantitative estimate of drug-likeness (QED) is 0.818. The van der Waals surface area contributed by atoms with E-state index in [4.69, 9.17) is 5.73 Å². The molecule has 2 N–H and O–H groups in total. The van der Waals surface area contributed by atoms with Crippen LogP contribution in [0.4, 0.5) is 8.78 Å². The second kappa shape index (κ2) is 3.51. The predicted octanol–water partition coefficient (Wildman–Crippen LogP) is 1.68. The summed E-state index contributed by atoms with van der Waals surface area (Å²) in [6.45, 7) is -0.764. The molecule has 2 aromatic rings. The fraction of sp³-hybridized carbons (Fsp3) is 0.200. The molecule has 0 aliphatic rings. The van der Waals surface area contributed by atoms with Gasteiger partial charge in [-0.25, -0.2) is 4.98 Å². The van der Waals surface area contributed by atoms with E-state index in [9.17, 15) is 8.78 Å². The van der Waals surface area contributed by atoms with E-state index in [0.717, 1.165) is 6.20 Å². The first-order chi connectivity index (χ1) is 7.13. The van der Waals surface area contributed by atoms with Crippen molar-refractivity contribution in [3.63, 3.8) is 0 Å². The number of halogens is 2. The van der Waals surface area contributed by atoms with E-state index in [1.54, 1.807) is 24.3 Å². The number of alkyl halides is 2. The molecule has 0 bridgehead atoms. The fourth-order valence-corrected chi connectivity index (χ4v) is 1.24. The molecular formula is C10H9F2N3. The summed E-state index contributed by atoms with van der Waals surface area (Å²) >= 11 is 0. The highest BCUT2D eigenvalue weighted by molar-refractivity contribution is 5.73. The minimum atomic E-state index is -3.11. The lowest BCUT2D eigenvalue weighted by molar-refractivity contribution is 0.00135. The van der Waals surface area contributed by atoms with Crippen LogP contribution in [0.2, 0.25) is 0 Å². The topological polar surface area (TPSA) is 51.8 Å². The Balaban J connectivity index is 2.56. The summed E-state index contributed by atoms with van der Waals surface area (Å²) in [5.74, 6) is -3.11. The molecule has 0 aliphatic carbocycles. The molecule has 5 heteroatoms. The van der Waals surface area contributed by atoms with E-state index in [-0.39, 0.29) is 5.69 Å². The first kappa shape index (κ1) is 9.92. The number of rotatable bonds is 2. The zero-order valence-electron chi connectivity index (χ0n) is 7.82. The van der Waals surface area contributed by atoms with Crippen LogP contribution in [0.3, 0.4) is 0 Å². The molecule has 0 radical (unpaired) electrons. The average molecular weight is 209 g/mol. The van der Waals surface area contributed by atoms with Crippen LogP contribution in [0.15, 0.2) is 30.5 Å². The van der Waals surface area contributed by atoms with Crippen LogP contribution < -0.4 is 5.73 Å². The Morgan fingerprint density at radius 3 is 2.53 bits per heavy atom. The van der Waals surface area contributed by atoms with Gasteiger partial charge < -0.3 is 5.73 Å². The number of benzene rings is 1. The van der Waals surface area contributed by atoms with Crippen molar-refractivity contribution in [1.29, 1.82) is 0 Å². The maximum Gasteiger partial charge on any atom is 0.303 e. The van der Waals surface area contributed by atoms with Crippen molar-refractivity contribution in [2.24, 2.45) is 5.73 Å². The standard InChI is InChI=1S/C10H9F2N3/c11-10(12,6-13)9-5-14-7-3-1-2-4-8(7)15-9/h1-5H,6,13H2. The number of nitrogens with zero attached hydrogens (tertiary/aromatic N) is 2. The van der Waals surface area contributed by atoms with Gasteiger partial charge in [0.1, 0.15) is 5.69 Å². The molecule has 1 aromatic carbocycles. The van der Waals surface area contributed by atoms with Crippen molar-refractivity contribution >= 4 is 11.0 Å².